The number of thiazole rings is 1. The average molecular weight is 647 g/mol. The van der Waals surface area contributed by atoms with Crippen molar-refractivity contribution < 1.29 is 19.4 Å². The molecule has 0 saturated carbocycles. The van der Waals surface area contributed by atoms with E-state index < -0.39 is 17.7 Å². The first kappa shape index (κ1) is 31.6. The van der Waals surface area contributed by atoms with Gasteiger partial charge >= 0.3 is 5.97 Å². The summed E-state index contributed by atoms with van der Waals surface area (Å²) >= 11 is 7.84. The van der Waals surface area contributed by atoms with Crippen molar-refractivity contribution in [2.45, 2.75) is 51.7 Å². The molecule has 0 spiro atoms. The zero-order valence-corrected chi connectivity index (χ0v) is 28.1. The molecule has 0 unspecified atom stereocenters. The zero-order chi connectivity index (χ0) is 32.0. The number of nitrogens with zero attached hydrogens (tertiary/aromatic N) is 4. The molecule has 5 aromatic rings. The van der Waals surface area contributed by atoms with Crippen LogP contribution in [0.1, 0.15) is 56.0 Å². The molecular weight excluding hydrogens is 608 g/mol. The van der Waals surface area contributed by atoms with Crippen LogP contribution in [0.3, 0.4) is 0 Å². The molecule has 10 heteroatoms. The Kier molecular flexibility index (Phi) is 8.76. The summed E-state index contributed by atoms with van der Waals surface area (Å²) in [4.78, 5) is 20.2. The van der Waals surface area contributed by atoms with Crippen LogP contribution < -0.4 is 0 Å². The maximum atomic E-state index is 12.7. The van der Waals surface area contributed by atoms with E-state index in [2.05, 4.69) is 23.1 Å². The van der Waals surface area contributed by atoms with Gasteiger partial charge in [0.2, 0.25) is 0 Å². The second-order valence-corrected chi connectivity index (χ2v) is 14.3. The molecule has 1 fully saturated rings. The van der Waals surface area contributed by atoms with Gasteiger partial charge in [-0.2, -0.15) is 5.10 Å². The van der Waals surface area contributed by atoms with Gasteiger partial charge < -0.3 is 19.5 Å². The fourth-order valence-electron chi connectivity index (χ4n) is 6.37. The van der Waals surface area contributed by atoms with Crippen LogP contribution in [0.25, 0.3) is 42.8 Å². The van der Waals surface area contributed by atoms with Crippen LogP contribution in [0.2, 0.25) is 5.02 Å². The number of halogens is 1. The van der Waals surface area contributed by atoms with E-state index in [1.165, 1.54) is 0 Å². The molecule has 0 amide bonds. The largest absolute Gasteiger partial charge is 0.479 e. The number of carbonyl (C=O) groups is 1. The molecule has 8 nitrogen and oxygen atoms in total. The van der Waals surface area contributed by atoms with Gasteiger partial charge in [0, 0.05) is 60.3 Å². The van der Waals surface area contributed by atoms with E-state index in [1.54, 1.807) is 18.4 Å². The molecule has 0 aliphatic carbocycles. The standard InChI is InChI=1S/C35H39ClN4O4S/c1-20-17-26-32(29(21-7-10-24(36)11-8-21)28(20)31(34(41)42)44-35(2,3)4)45-33(37-26)22-9-12-27-25(18-22)30(38-39(27)5)23-13-14-40(19-23)15-16-43-6/h7-12,17-18,23,31H,13-16,19H2,1-6H3,(H,41,42)/t23-,31-/m0/s1. The molecular formula is C35H39ClN4O4S. The highest BCUT2D eigenvalue weighted by atomic mass is 35.5. The minimum absolute atomic E-state index is 0.355. The highest BCUT2D eigenvalue weighted by molar-refractivity contribution is 7.22. The Balaban J connectivity index is 1.49. The predicted molar refractivity (Wildman–Crippen MR) is 181 cm³/mol. The summed E-state index contributed by atoms with van der Waals surface area (Å²) in [5.74, 6) is -0.678. The lowest BCUT2D eigenvalue weighted by atomic mass is 9.91. The van der Waals surface area contributed by atoms with E-state index in [1.807, 2.05) is 69.8 Å². The molecule has 2 aromatic heterocycles. The van der Waals surface area contributed by atoms with Gasteiger partial charge in [-0.15, -0.1) is 11.3 Å². The number of aliphatic carboxylic acids is 1. The fourth-order valence-corrected chi connectivity index (χ4v) is 7.62. The van der Waals surface area contributed by atoms with Crippen LogP contribution in [0, 0.1) is 6.92 Å². The maximum absolute atomic E-state index is 12.7. The number of fused-ring (bicyclic) bond motifs is 2. The van der Waals surface area contributed by atoms with Gasteiger partial charge in [0.25, 0.3) is 0 Å². The van der Waals surface area contributed by atoms with Crippen LogP contribution in [0.4, 0.5) is 0 Å². The second kappa shape index (κ2) is 12.5. The summed E-state index contributed by atoms with van der Waals surface area (Å²) in [6, 6.07) is 15.9. The summed E-state index contributed by atoms with van der Waals surface area (Å²) in [5, 5.41) is 18.0. The monoisotopic (exact) mass is 646 g/mol. The summed E-state index contributed by atoms with van der Waals surface area (Å²) in [7, 11) is 3.75. The highest BCUT2D eigenvalue weighted by Crippen LogP contribution is 2.45. The van der Waals surface area contributed by atoms with Gasteiger partial charge in [-0.25, -0.2) is 9.78 Å². The number of methoxy groups -OCH3 is 1. The van der Waals surface area contributed by atoms with Crippen LogP contribution in [-0.4, -0.2) is 69.7 Å². The lowest BCUT2D eigenvalue weighted by molar-refractivity contribution is -0.160. The Labute approximate surface area is 272 Å². The Morgan fingerprint density at radius 2 is 1.89 bits per heavy atom. The van der Waals surface area contributed by atoms with Crippen molar-refractivity contribution in [1.29, 1.82) is 0 Å². The topological polar surface area (TPSA) is 89.7 Å². The predicted octanol–water partition coefficient (Wildman–Crippen LogP) is 7.86. The van der Waals surface area contributed by atoms with Crippen molar-refractivity contribution in [3.05, 3.63) is 70.4 Å². The molecule has 236 valence electrons. The first-order valence-electron chi connectivity index (χ1n) is 15.2. The van der Waals surface area contributed by atoms with Gasteiger partial charge in [-0.1, -0.05) is 23.7 Å². The number of likely N-dealkylation sites (tertiary alicyclic amines) is 1. The molecule has 1 aliphatic rings. The molecule has 6 rings (SSSR count). The first-order chi connectivity index (χ1) is 21.4. The number of ether oxygens (including phenoxy) is 2. The minimum atomic E-state index is -1.16. The third-order valence-electron chi connectivity index (χ3n) is 8.42. The number of hydrogen-bond acceptors (Lipinski definition) is 7. The summed E-state index contributed by atoms with van der Waals surface area (Å²) in [6.07, 6.45) is -0.0930. The van der Waals surface area contributed by atoms with Crippen LogP contribution in [-0.2, 0) is 21.3 Å². The number of carboxylic acids is 1. The molecule has 1 saturated heterocycles. The Bertz CT molecular complexity index is 1880. The molecule has 3 heterocycles. The maximum Gasteiger partial charge on any atom is 0.337 e. The number of aromatic nitrogens is 3. The fraction of sp³-hybridized carbons (Fsp3) is 0.400. The number of hydrogen-bond donors (Lipinski definition) is 1. The second-order valence-electron chi connectivity index (χ2n) is 12.8. The highest BCUT2D eigenvalue weighted by Gasteiger charge is 2.33. The number of rotatable bonds is 9. The zero-order valence-electron chi connectivity index (χ0n) is 26.6. The van der Waals surface area contributed by atoms with Gasteiger partial charge in [0.1, 0.15) is 5.01 Å². The molecule has 0 bridgehead atoms. The van der Waals surface area contributed by atoms with Crippen molar-refractivity contribution in [3.63, 3.8) is 0 Å². The number of carboxylic acid groups (broad SMARTS) is 1. The average Bonchev–Trinajstić information content (AvgIpc) is 3.71. The Hall–Kier alpha value is -3.34. The van der Waals surface area contributed by atoms with E-state index >= 15 is 0 Å². The number of aryl methyl sites for hydroxylation is 2. The van der Waals surface area contributed by atoms with Crippen molar-refractivity contribution in [2.75, 3.05) is 33.4 Å². The normalized spacial score (nSPS) is 16.6. The van der Waals surface area contributed by atoms with Crippen LogP contribution >= 0.6 is 22.9 Å². The van der Waals surface area contributed by atoms with Crippen molar-refractivity contribution in [1.82, 2.24) is 19.7 Å². The SMILES string of the molecule is COCCN1CC[C@H](c2nn(C)c3ccc(-c4nc5cc(C)c([C@H](OC(C)(C)C)C(=O)O)c(-c6ccc(Cl)cc6)c5s4)cc23)C1. The summed E-state index contributed by atoms with van der Waals surface area (Å²) in [5.41, 5.74) is 6.49. The molecule has 0 radical (unpaired) electrons. The van der Waals surface area contributed by atoms with Gasteiger partial charge in [0.05, 0.1) is 33.6 Å². The smallest absolute Gasteiger partial charge is 0.337 e. The minimum Gasteiger partial charge on any atom is -0.479 e. The van der Waals surface area contributed by atoms with Gasteiger partial charge in [0.15, 0.2) is 6.10 Å². The molecule has 2 atom stereocenters. The first-order valence-corrected chi connectivity index (χ1v) is 16.4. The Morgan fingerprint density at radius 3 is 2.58 bits per heavy atom. The lowest BCUT2D eigenvalue weighted by Crippen LogP contribution is -2.28. The van der Waals surface area contributed by atoms with E-state index in [0.29, 0.717) is 16.5 Å². The summed E-state index contributed by atoms with van der Waals surface area (Å²) in [6.45, 7) is 11.2. The number of benzene rings is 3. The van der Waals surface area contributed by atoms with Crippen molar-refractivity contribution >= 4 is 50.0 Å². The van der Waals surface area contributed by atoms with Crippen molar-refractivity contribution in [3.8, 4) is 21.7 Å². The lowest BCUT2D eigenvalue weighted by Gasteiger charge is -2.28. The third-order valence-corrected chi connectivity index (χ3v) is 9.80. The van der Waals surface area contributed by atoms with E-state index in [0.717, 1.165) is 86.7 Å². The van der Waals surface area contributed by atoms with Gasteiger partial charge in [-0.05, 0) is 88.2 Å². The van der Waals surface area contributed by atoms with Crippen LogP contribution in [0.15, 0.2) is 48.5 Å². The van der Waals surface area contributed by atoms with Gasteiger partial charge in [-0.3, -0.25) is 4.68 Å². The van der Waals surface area contributed by atoms with Crippen molar-refractivity contribution in [2.24, 2.45) is 7.05 Å². The van der Waals surface area contributed by atoms with E-state index in [-0.39, 0.29) is 0 Å². The molecule has 1 aliphatic heterocycles. The quantitative estimate of drug-likeness (QED) is 0.174. The van der Waals surface area contributed by atoms with Crippen LogP contribution in [0.5, 0.6) is 0 Å². The molecule has 45 heavy (non-hydrogen) atoms. The Morgan fingerprint density at radius 1 is 1.16 bits per heavy atom. The summed E-state index contributed by atoms with van der Waals surface area (Å²) < 4.78 is 14.4. The molecule has 1 N–H and O–H groups in total. The third kappa shape index (κ3) is 6.37. The van der Waals surface area contributed by atoms with E-state index in [9.17, 15) is 9.90 Å². The molecule has 3 aromatic carbocycles. The van der Waals surface area contributed by atoms with E-state index in [4.69, 9.17) is 31.2 Å².